The number of anilines is 1. The summed E-state index contributed by atoms with van der Waals surface area (Å²) in [4.78, 5) is 11.9. The van der Waals surface area contributed by atoms with Crippen molar-refractivity contribution in [3.05, 3.63) is 41.3 Å². The van der Waals surface area contributed by atoms with Gasteiger partial charge in [0.05, 0.1) is 19.3 Å². The first kappa shape index (κ1) is 19.7. The van der Waals surface area contributed by atoms with Crippen LogP contribution in [0.2, 0.25) is 0 Å². The Labute approximate surface area is 164 Å². The summed E-state index contributed by atoms with van der Waals surface area (Å²) in [7, 11) is -2.12. The Balaban J connectivity index is 1.93. The average molecular weight is 409 g/mol. The van der Waals surface area contributed by atoms with Gasteiger partial charge in [0.1, 0.15) is 9.96 Å². The summed E-state index contributed by atoms with van der Waals surface area (Å²) in [5.74, 6) is 0.916. The maximum absolute atomic E-state index is 13.4. The van der Waals surface area contributed by atoms with Crippen LogP contribution in [0.25, 0.3) is 0 Å². The second-order valence-electron chi connectivity index (χ2n) is 6.71. The Hall–Kier alpha value is -2.06. The van der Waals surface area contributed by atoms with Crippen LogP contribution in [0.1, 0.15) is 31.6 Å². The van der Waals surface area contributed by atoms with Crippen molar-refractivity contribution in [3.8, 4) is 5.75 Å². The molecule has 27 heavy (non-hydrogen) atoms. The molecule has 6 nitrogen and oxygen atoms in total. The molecule has 1 aliphatic rings. The molecule has 2 aromatic rings. The Bertz CT molecular complexity index is 902. The number of hydrogen-bond donors (Lipinski definition) is 1. The lowest BCUT2D eigenvalue weighted by atomic mass is 10.2. The van der Waals surface area contributed by atoms with Gasteiger partial charge in [0.2, 0.25) is 5.91 Å². The minimum Gasteiger partial charge on any atom is -0.497 e. The molecule has 1 fully saturated rings. The molecule has 0 radical (unpaired) electrons. The lowest BCUT2D eigenvalue weighted by Gasteiger charge is -2.30. The molecule has 3 rings (SSSR count). The van der Waals surface area contributed by atoms with E-state index in [1.807, 2.05) is 6.92 Å². The van der Waals surface area contributed by atoms with Gasteiger partial charge >= 0.3 is 0 Å². The summed E-state index contributed by atoms with van der Waals surface area (Å²) in [5, 5.41) is 2.70. The molecule has 146 valence electrons. The number of amides is 1. The molecule has 1 saturated carbocycles. The lowest BCUT2D eigenvalue weighted by molar-refractivity contribution is -0.119. The van der Waals surface area contributed by atoms with Crippen LogP contribution in [-0.4, -0.2) is 27.5 Å². The van der Waals surface area contributed by atoms with E-state index in [0.717, 1.165) is 17.7 Å². The van der Waals surface area contributed by atoms with Crippen molar-refractivity contribution in [2.45, 2.75) is 43.5 Å². The van der Waals surface area contributed by atoms with Gasteiger partial charge in [-0.15, -0.1) is 11.3 Å². The van der Waals surface area contributed by atoms with E-state index in [4.69, 9.17) is 4.74 Å². The Kier molecular flexibility index (Phi) is 5.76. The summed E-state index contributed by atoms with van der Waals surface area (Å²) >= 11 is 1.19. The van der Waals surface area contributed by atoms with E-state index in [2.05, 4.69) is 5.32 Å². The van der Waals surface area contributed by atoms with Crippen LogP contribution in [0, 0.1) is 5.92 Å². The Morgan fingerprint density at radius 3 is 2.48 bits per heavy atom. The van der Waals surface area contributed by atoms with Crippen LogP contribution in [0.4, 0.5) is 5.69 Å². The molecule has 1 unspecified atom stereocenters. The molecule has 1 amide bonds. The molecule has 1 atom stereocenters. The van der Waals surface area contributed by atoms with Crippen LogP contribution in [0.15, 0.2) is 40.6 Å². The van der Waals surface area contributed by atoms with E-state index < -0.39 is 10.0 Å². The molecule has 8 heteroatoms. The first-order valence-electron chi connectivity index (χ1n) is 8.84. The second-order valence-corrected chi connectivity index (χ2v) is 9.92. The number of methoxy groups -OCH3 is 1. The third-order valence-corrected chi connectivity index (χ3v) is 8.13. The number of nitrogens with zero attached hydrogens (tertiary/aromatic N) is 1. The first-order valence-corrected chi connectivity index (χ1v) is 11.1. The monoisotopic (exact) mass is 408 g/mol. The van der Waals surface area contributed by atoms with Gasteiger partial charge < -0.3 is 10.1 Å². The predicted octanol–water partition coefficient (Wildman–Crippen LogP) is 3.39. The largest absolute Gasteiger partial charge is 0.497 e. The zero-order valence-electron chi connectivity index (χ0n) is 15.6. The SMILES string of the molecule is COc1ccc(N(C(C)C2CC2)S(=O)(=O)c2ccc(CNC(C)=O)s2)cc1. The van der Waals surface area contributed by atoms with Gasteiger partial charge in [0.15, 0.2) is 0 Å². The number of ether oxygens (including phenoxy) is 1. The van der Waals surface area contributed by atoms with E-state index in [-0.39, 0.29) is 16.2 Å². The molecule has 0 saturated heterocycles. The highest BCUT2D eigenvalue weighted by molar-refractivity contribution is 7.94. The number of sulfonamides is 1. The first-order chi connectivity index (χ1) is 12.8. The molecule has 1 N–H and O–H groups in total. The smallest absolute Gasteiger partial charge is 0.274 e. The number of carbonyl (C=O) groups excluding carboxylic acids is 1. The van der Waals surface area contributed by atoms with Crippen molar-refractivity contribution in [3.63, 3.8) is 0 Å². The van der Waals surface area contributed by atoms with Crippen LogP contribution in [0.5, 0.6) is 5.75 Å². The maximum atomic E-state index is 13.4. The predicted molar refractivity (Wildman–Crippen MR) is 107 cm³/mol. The minimum atomic E-state index is -3.70. The molecule has 1 aliphatic carbocycles. The average Bonchev–Trinajstić information content (AvgIpc) is 3.38. The van der Waals surface area contributed by atoms with E-state index >= 15 is 0 Å². The third kappa shape index (κ3) is 4.44. The summed E-state index contributed by atoms with van der Waals surface area (Å²) in [6.07, 6.45) is 2.09. The molecular weight excluding hydrogens is 384 g/mol. The fraction of sp³-hybridized carbons (Fsp3) is 0.421. The third-order valence-electron chi connectivity index (χ3n) is 4.66. The quantitative estimate of drug-likeness (QED) is 0.726. The molecule has 1 aromatic heterocycles. The van der Waals surface area contributed by atoms with Gasteiger partial charge in [0, 0.05) is 17.8 Å². The van der Waals surface area contributed by atoms with E-state index in [9.17, 15) is 13.2 Å². The van der Waals surface area contributed by atoms with Crippen LogP contribution >= 0.6 is 11.3 Å². The van der Waals surface area contributed by atoms with Gasteiger partial charge in [-0.05, 0) is 62.1 Å². The zero-order chi connectivity index (χ0) is 19.6. The van der Waals surface area contributed by atoms with Crippen molar-refractivity contribution in [1.82, 2.24) is 5.32 Å². The highest BCUT2D eigenvalue weighted by Gasteiger charge is 2.39. The molecule has 0 spiro atoms. The highest BCUT2D eigenvalue weighted by atomic mass is 32.2. The number of hydrogen-bond acceptors (Lipinski definition) is 5. The standard InChI is InChI=1S/C19H24N2O4S2/c1-13(15-4-5-15)21(16-6-8-17(25-3)9-7-16)27(23,24)19-11-10-18(26-19)12-20-14(2)22/h6-11,13,15H,4-5,12H2,1-3H3,(H,20,22). The molecular formula is C19H24N2O4S2. The van der Waals surface area contributed by atoms with Crippen molar-refractivity contribution in [2.24, 2.45) is 5.92 Å². The van der Waals surface area contributed by atoms with Crippen LogP contribution in [-0.2, 0) is 21.4 Å². The van der Waals surface area contributed by atoms with Gasteiger partial charge in [-0.25, -0.2) is 8.42 Å². The van der Waals surface area contributed by atoms with E-state index in [1.54, 1.807) is 43.5 Å². The van der Waals surface area contributed by atoms with Gasteiger partial charge in [0.25, 0.3) is 10.0 Å². The second kappa shape index (κ2) is 7.90. The molecule has 1 heterocycles. The number of carbonyl (C=O) groups is 1. The van der Waals surface area contributed by atoms with E-state index in [1.165, 1.54) is 22.6 Å². The van der Waals surface area contributed by atoms with E-state index in [0.29, 0.717) is 23.9 Å². The summed E-state index contributed by atoms with van der Waals surface area (Å²) < 4.78 is 33.9. The summed E-state index contributed by atoms with van der Waals surface area (Å²) in [6, 6.07) is 10.4. The normalized spacial score (nSPS) is 15.2. The zero-order valence-corrected chi connectivity index (χ0v) is 17.3. The summed E-state index contributed by atoms with van der Waals surface area (Å²) in [6.45, 7) is 3.73. The molecule has 0 aliphatic heterocycles. The number of thiophene rings is 1. The Morgan fingerprint density at radius 2 is 1.93 bits per heavy atom. The highest BCUT2D eigenvalue weighted by Crippen LogP contribution is 2.40. The van der Waals surface area contributed by atoms with Crippen molar-refractivity contribution in [2.75, 3.05) is 11.4 Å². The van der Waals surface area contributed by atoms with Crippen LogP contribution < -0.4 is 14.4 Å². The topological polar surface area (TPSA) is 75.7 Å². The minimum absolute atomic E-state index is 0.121. The fourth-order valence-corrected chi connectivity index (χ4v) is 6.09. The van der Waals surface area contributed by atoms with Crippen molar-refractivity contribution in [1.29, 1.82) is 0 Å². The summed E-state index contributed by atoms with van der Waals surface area (Å²) in [5.41, 5.74) is 0.631. The Morgan fingerprint density at radius 1 is 1.26 bits per heavy atom. The van der Waals surface area contributed by atoms with Gasteiger partial charge in [-0.2, -0.15) is 0 Å². The van der Waals surface area contributed by atoms with Crippen LogP contribution in [0.3, 0.4) is 0 Å². The van der Waals surface area contributed by atoms with Crippen molar-refractivity contribution < 1.29 is 17.9 Å². The molecule has 0 bridgehead atoms. The number of rotatable bonds is 8. The number of benzene rings is 1. The van der Waals surface area contributed by atoms with Crippen molar-refractivity contribution >= 4 is 33.0 Å². The maximum Gasteiger partial charge on any atom is 0.274 e. The number of nitrogens with one attached hydrogen (secondary N) is 1. The molecule has 1 aromatic carbocycles. The fourth-order valence-electron chi connectivity index (χ4n) is 2.99. The van der Waals surface area contributed by atoms with Gasteiger partial charge in [-0.1, -0.05) is 0 Å². The van der Waals surface area contributed by atoms with Gasteiger partial charge in [-0.3, -0.25) is 9.10 Å². The lowest BCUT2D eigenvalue weighted by Crippen LogP contribution is -2.39.